The number of ether oxygens (including phenoxy) is 3. The molecule has 0 saturated carbocycles. The highest BCUT2D eigenvalue weighted by atomic mass is 35.5. The lowest BCUT2D eigenvalue weighted by Crippen LogP contribution is -2.29. The van der Waals surface area contributed by atoms with Gasteiger partial charge in [0, 0.05) is 10.7 Å². The summed E-state index contributed by atoms with van der Waals surface area (Å²) in [7, 11) is 3.02. The fraction of sp³-hybridized carbons (Fsp3) is 0.290. The van der Waals surface area contributed by atoms with Gasteiger partial charge >= 0.3 is 0 Å². The molecule has 3 aromatic rings. The molecule has 8 heteroatoms. The summed E-state index contributed by atoms with van der Waals surface area (Å²) < 4.78 is 16.8. The van der Waals surface area contributed by atoms with Crippen LogP contribution < -0.4 is 19.1 Å². The number of aliphatic hydroxyl groups excluding tert-OH is 1. The topological polar surface area (TPSA) is 85.3 Å². The van der Waals surface area contributed by atoms with E-state index in [1.165, 1.54) is 19.1 Å². The lowest BCUT2D eigenvalue weighted by atomic mass is 9.85. The van der Waals surface area contributed by atoms with Gasteiger partial charge in [0.2, 0.25) is 0 Å². The minimum absolute atomic E-state index is 0.0723. The number of carbonyl (C=O) groups excluding carboxylic acids is 2. The van der Waals surface area contributed by atoms with Crippen LogP contribution in [0.3, 0.4) is 0 Å². The van der Waals surface area contributed by atoms with Gasteiger partial charge in [-0.15, -0.1) is 0 Å². The standard InChI is InChI=1S/C31H32ClNO6/c1-7-39-25-15-18(11-13-24(25)38-6)27-26(29(35)30(36)33(27)21-10-8-9-20(32)17-21)28(34)22-16-19(31(2,3)4)12-14-23(22)37-5/h8-17,27,34H,7H2,1-6H3/b28-26+. The third kappa shape index (κ3) is 5.32. The summed E-state index contributed by atoms with van der Waals surface area (Å²) in [6.45, 7) is 8.36. The molecule has 0 aromatic heterocycles. The zero-order chi connectivity index (χ0) is 28.5. The number of rotatable bonds is 7. The van der Waals surface area contributed by atoms with E-state index < -0.39 is 17.7 Å². The van der Waals surface area contributed by atoms with E-state index in [-0.39, 0.29) is 16.7 Å². The third-order valence-corrected chi connectivity index (χ3v) is 6.89. The van der Waals surface area contributed by atoms with E-state index in [2.05, 4.69) is 0 Å². The van der Waals surface area contributed by atoms with Gasteiger partial charge in [0.15, 0.2) is 11.5 Å². The van der Waals surface area contributed by atoms with E-state index in [9.17, 15) is 14.7 Å². The van der Waals surface area contributed by atoms with Gasteiger partial charge < -0.3 is 19.3 Å². The molecule has 1 saturated heterocycles. The van der Waals surface area contributed by atoms with Crippen LogP contribution in [0.2, 0.25) is 5.02 Å². The molecule has 3 aromatic carbocycles. The van der Waals surface area contributed by atoms with Gasteiger partial charge in [0.25, 0.3) is 11.7 Å². The molecule has 0 radical (unpaired) electrons. The summed E-state index contributed by atoms with van der Waals surface area (Å²) in [5.41, 5.74) is 1.89. The lowest BCUT2D eigenvalue weighted by Gasteiger charge is -2.26. The second kappa shape index (κ2) is 11.0. The minimum Gasteiger partial charge on any atom is -0.507 e. The van der Waals surface area contributed by atoms with E-state index in [1.807, 2.05) is 33.8 Å². The Bertz CT molecular complexity index is 1460. The molecule has 1 heterocycles. The number of carbonyl (C=O) groups is 2. The molecule has 1 amide bonds. The van der Waals surface area contributed by atoms with E-state index >= 15 is 0 Å². The maximum Gasteiger partial charge on any atom is 0.300 e. The van der Waals surface area contributed by atoms with E-state index in [1.54, 1.807) is 54.6 Å². The number of nitrogens with zero attached hydrogens (tertiary/aromatic N) is 1. The van der Waals surface area contributed by atoms with Crippen molar-refractivity contribution in [3.8, 4) is 17.2 Å². The number of amides is 1. The molecule has 4 rings (SSSR count). The van der Waals surface area contributed by atoms with Crippen LogP contribution in [0.15, 0.2) is 66.2 Å². The Morgan fingerprint density at radius 1 is 0.949 bits per heavy atom. The van der Waals surface area contributed by atoms with Crippen molar-refractivity contribution in [2.75, 3.05) is 25.7 Å². The predicted octanol–water partition coefficient (Wildman–Crippen LogP) is 6.68. The third-order valence-electron chi connectivity index (χ3n) is 6.65. The number of Topliss-reactive ketones (excluding diaryl/α,β-unsaturated/α-hetero) is 1. The molecule has 0 aliphatic carbocycles. The van der Waals surface area contributed by atoms with E-state index in [0.29, 0.717) is 45.7 Å². The highest BCUT2D eigenvalue weighted by Crippen LogP contribution is 2.45. The van der Waals surface area contributed by atoms with Gasteiger partial charge in [-0.05, 0) is 65.9 Å². The van der Waals surface area contributed by atoms with Crippen LogP contribution in [-0.4, -0.2) is 37.6 Å². The number of hydrogen-bond donors (Lipinski definition) is 1. The van der Waals surface area contributed by atoms with Crippen LogP contribution in [0.25, 0.3) is 5.76 Å². The molecular weight excluding hydrogens is 518 g/mol. The molecular formula is C31H32ClNO6. The maximum absolute atomic E-state index is 13.6. The minimum atomic E-state index is -0.975. The first-order valence-electron chi connectivity index (χ1n) is 12.6. The molecule has 1 aliphatic rings. The Morgan fingerprint density at radius 3 is 2.26 bits per heavy atom. The fourth-order valence-electron chi connectivity index (χ4n) is 4.68. The summed E-state index contributed by atoms with van der Waals surface area (Å²) in [4.78, 5) is 28.6. The van der Waals surface area contributed by atoms with Gasteiger partial charge in [0.05, 0.1) is 38.0 Å². The lowest BCUT2D eigenvalue weighted by molar-refractivity contribution is -0.132. The van der Waals surface area contributed by atoms with Crippen LogP contribution in [0, 0.1) is 0 Å². The number of halogens is 1. The van der Waals surface area contributed by atoms with E-state index in [4.69, 9.17) is 25.8 Å². The smallest absolute Gasteiger partial charge is 0.300 e. The second-order valence-electron chi connectivity index (χ2n) is 10.2. The molecule has 1 unspecified atom stereocenters. The molecule has 39 heavy (non-hydrogen) atoms. The molecule has 1 atom stereocenters. The van der Waals surface area contributed by atoms with Crippen LogP contribution in [0.1, 0.15) is 50.4 Å². The van der Waals surface area contributed by atoms with Crippen molar-refractivity contribution in [3.05, 3.63) is 87.9 Å². The quantitative estimate of drug-likeness (QED) is 0.201. The Morgan fingerprint density at radius 2 is 1.64 bits per heavy atom. The molecule has 0 spiro atoms. The van der Waals surface area contributed by atoms with Gasteiger partial charge in [-0.2, -0.15) is 0 Å². The highest BCUT2D eigenvalue weighted by molar-refractivity contribution is 6.52. The van der Waals surface area contributed by atoms with E-state index in [0.717, 1.165) is 5.56 Å². The van der Waals surface area contributed by atoms with Crippen LogP contribution in [0.5, 0.6) is 17.2 Å². The SMILES string of the molecule is CCOc1cc(C2/C(=C(\O)c3cc(C(C)(C)C)ccc3OC)C(=O)C(=O)N2c2cccc(Cl)c2)ccc1OC. The number of benzene rings is 3. The summed E-state index contributed by atoms with van der Waals surface area (Å²) in [6, 6.07) is 16.3. The van der Waals surface area contributed by atoms with Crippen molar-refractivity contribution in [2.24, 2.45) is 0 Å². The summed E-state index contributed by atoms with van der Waals surface area (Å²) in [5.74, 6) is -0.628. The highest BCUT2D eigenvalue weighted by Gasteiger charge is 2.47. The number of hydrogen-bond acceptors (Lipinski definition) is 6. The summed E-state index contributed by atoms with van der Waals surface area (Å²) >= 11 is 6.26. The first kappa shape index (κ1) is 28.0. The average Bonchev–Trinajstić information content (AvgIpc) is 3.17. The Balaban J connectivity index is 2.03. The first-order valence-corrected chi connectivity index (χ1v) is 13.0. The summed E-state index contributed by atoms with van der Waals surface area (Å²) in [6.07, 6.45) is 0. The molecule has 1 fully saturated rings. The van der Waals surface area contributed by atoms with Crippen molar-refractivity contribution >= 4 is 34.7 Å². The first-order chi connectivity index (χ1) is 18.5. The Labute approximate surface area is 233 Å². The Hall–Kier alpha value is -3.97. The molecule has 1 aliphatic heterocycles. The molecule has 0 bridgehead atoms. The maximum atomic E-state index is 13.6. The number of ketones is 1. The normalized spacial score (nSPS) is 16.9. The van der Waals surface area contributed by atoms with Gasteiger partial charge in [-0.25, -0.2) is 0 Å². The molecule has 7 nitrogen and oxygen atoms in total. The van der Waals surface area contributed by atoms with Gasteiger partial charge in [-0.1, -0.05) is 50.6 Å². The predicted molar refractivity (Wildman–Crippen MR) is 152 cm³/mol. The van der Waals surface area contributed by atoms with Crippen LogP contribution in [-0.2, 0) is 15.0 Å². The zero-order valence-corrected chi connectivity index (χ0v) is 23.6. The zero-order valence-electron chi connectivity index (χ0n) is 22.9. The monoisotopic (exact) mass is 549 g/mol. The van der Waals surface area contributed by atoms with Crippen molar-refractivity contribution in [1.82, 2.24) is 0 Å². The largest absolute Gasteiger partial charge is 0.507 e. The number of methoxy groups -OCH3 is 2. The van der Waals surface area contributed by atoms with Crippen molar-refractivity contribution in [1.29, 1.82) is 0 Å². The van der Waals surface area contributed by atoms with Crippen molar-refractivity contribution < 1.29 is 28.9 Å². The molecule has 204 valence electrons. The van der Waals surface area contributed by atoms with Crippen LogP contribution >= 0.6 is 11.6 Å². The van der Waals surface area contributed by atoms with Gasteiger partial charge in [-0.3, -0.25) is 14.5 Å². The number of aliphatic hydroxyl groups is 1. The van der Waals surface area contributed by atoms with Crippen molar-refractivity contribution in [2.45, 2.75) is 39.2 Å². The van der Waals surface area contributed by atoms with Crippen molar-refractivity contribution in [3.63, 3.8) is 0 Å². The average molecular weight is 550 g/mol. The Kier molecular flexibility index (Phi) is 7.93. The fourth-order valence-corrected chi connectivity index (χ4v) is 4.86. The summed E-state index contributed by atoms with van der Waals surface area (Å²) in [5, 5.41) is 12.2. The molecule has 1 N–H and O–H groups in total. The number of anilines is 1. The van der Waals surface area contributed by atoms with Crippen LogP contribution in [0.4, 0.5) is 5.69 Å². The van der Waals surface area contributed by atoms with Gasteiger partial charge in [0.1, 0.15) is 11.5 Å². The second-order valence-corrected chi connectivity index (χ2v) is 10.6.